The molecule has 6 N–H and O–H groups in total. The molecule has 3 aromatic heterocycles. The number of imidazole rings is 1. The van der Waals surface area contributed by atoms with Gasteiger partial charge in [-0.2, -0.15) is 10.1 Å². The first-order valence-corrected chi connectivity index (χ1v) is 11.0. The molecule has 32 heavy (non-hydrogen) atoms. The van der Waals surface area contributed by atoms with E-state index in [0.29, 0.717) is 19.0 Å². The van der Waals surface area contributed by atoms with Crippen molar-refractivity contribution in [3.8, 4) is 11.3 Å². The Morgan fingerprint density at radius 1 is 1.06 bits per heavy atom. The normalized spacial score (nSPS) is 18.8. The minimum Gasteiger partial charge on any atom is -0.382 e. The molecule has 0 spiro atoms. The Morgan fingerprint density at radius 3 is 2.88 bits per heavy atom. The van der Waals surface area contributed by atoms with E-state index in [0.717, 1.165) is 53.2 Å². The summed E-state index contributed by atoms with van der Waals surface area (Å²) in [7, 11) is 0. The van der Waals surface area contributed by atoms with Crippen molar-refractivity contribution >= 4 is 28.5 Å². The van der Waals surface area contributed by atoms with Gasteiger partial charge in [0.15, 0.2) is 5.82 Å². The van der Waals surface area contributed by atoms with E-state index >= 15 is 0 Å². The van der Waals surface area contributed by atoms with Gasteiger partial charge < -0.3 is 26.1 Å². The number of ether oxygens (including phenoxy) is 1. The topological polar surface area (TPSA) is 148 Å². The van der Waals surface area contributed by atoms with Crippen molar-refractivity contribution in [1.29, 1.82) is 0 Å². The standard InChI is InChI=1S/C22H25N9O/c23-20-13-6-5-12(9-17(13)29-30-20)16-10-19(28-22(24)27-16)31-7-8-32-18(11-31)21-25-14-3-1-2-4-15(14)26-21/h5-6,9-10,18H,1-4,7-8,11H2,(H,25,26)(H3,23,29,30)(H2,24,27,28). The molecule has 0 saturated carbocycles. The van der Waals surface area contributed by atoms with Gasteiger partial charge in [0.25, 0.3) is 0 Å². The third-order valence-corrected chi connectivity index (χ3v) is 6.29. The Bertz CT molecular complexity index is 1270. The molecular weight excluding hydrogens is 406 g/mol. The quantitative estimate of drug-likeness (QED) is 0.386. The summed E-state index contributed by atoms with van der Waals surface area (Å²) >= 11 is 0. The zero-order valence-corrected chi connectivity index (χ0v) is 17.6. The van der Waals surface area contributed by atoms with Gasteiger partial charge in [-0.25, -0.2) is 9.97 Å². The van der Waals surface area contributed by atoms with E-state index in [1.807, 2.05) is 24.3 Å². The number of nitrogens with one attached hydrogen (secondary N) is 2. The van der Waals surface area contributed by atoms with Crippen molar-refractivity contribution in [3.05, 3.63) is 41.5 Å². The molecule has 4 heterocycles. The zero-order chi connectivity index (χ0) is 21.7. The van der Waals surface area contributed by atoms with E-state index in [1.165, 1.54) is 24.2 Å². The number of anilines is 3. The average molecular weight is 432 g/mol. The maximum atomic E-state index is 6.09. The summed E-state index contributed by atoms with van der Waals surface area (Å²) in [6, 6.07) is 7.84. The van der Waals surface area contributed by atoms with E-state index in [9.17, 15) is 0 Å². The van der Waals surface area contributed by atoms with Crippen LogP contribution in [0, 0.1) is 0 Å². The van der Waals surface area contributed by atoms with Crippen LogP contribution in [0.1, 0.15) is 36.2 Å². The molecule has 1 unspecified atom stereocenters. The lowest BCUT2D eigenvalue weighted by Gasteiger charge is -2.33. The number of rotatable bonds is 3. The number of aryl methyl sites for hydroxylation is 2. The first-order chi connectivity index (χ1) is 15.6. The highest BCUT2D eigenvalue weighted by molar-refractivity contribution is 5.91. The Hall–Kier alpha value is -3.66. The summed E-state index contributed by atoms with van der Waals surface area (Å²) in [5, 5.41) is 7.90. The number of H-pyrrole nitrogens is 2. The third kappa shape index (κ3) is 3.32. The summed E-state index contributed by atoms with van der Waals surface area (Å²) in [5.41, 5.74) is 17.0. The van der Waals surface area contributed by atoms with Crippen molar-refractivity contribution in [2.75, 3.05) is 36.1 Å². The van der Waals surface area contributed by atoms with Gasteiger partial charge >= 0.3 is 0 Å². The fourth-order valence-electron chi connectivity index (χ4n) is 4.61. The van der Waals surface area contributed by atoms with Gasteiger partial charge in [0.05, 0.1) is 30.1 Å². The highest BCUT2D eigenvalue weighted by Crippen LogP contribution is 2.30. The maximum absolute atomic E-state index is 6.09. The number of morpholine rings is 1. The molecular formula is C22H25N9O. The molecule has 10 nitrogen and oxygen atoms in total. The number of hydrogen-bond donors (Lipinski definition) is 4. The molecule has 1 saturated heterocycles. The molecule has 0 amide bonds. The number of nitrogens with zero attached hydrogens (tertiary/aromatic N) is 5. The molecule has 164 valence electrons. The van der Waals surface area contributed by atoms with Gasteiger partial charge in [-0.15, -0.1) is 0 Å². The zero-order valence-electron chi connectivity index (χ0n) is 17.6. The summed E-state index contributed by atoms with van der Waals surface area (Å²) < 4.78 is 6.06. The number of hydrogen-bond acceptors (Lipinski definition) is 8. The van der Waals surface area contributed by atoms with E-state index in [2.05, 4.69) is 30.0 Å². The first kappa shape index (κ1) is 19.1. The van der Waals surface area contributed by atoms with Crippen LogP contribution in [-0.2, 0) is 17.6 Å². The van der Waals surface area contributed by atoms with Crippen molar-refractivity contribution in [2.45, 2.75) is 31.8 Å². The molecule has 1 aliphatic carbocycles. The van der Waals surface area contributed by atoms with E-state index in [1.54, 1.807) is 0 Å². The fourth-order valence-corrected chi connectivity index (χ4v) is 4.61. The van der Waals surface area contributed by atoms with Gasteiger partial charge in [-0.05, 0) is 37.8 Å². The largest absolute Gasteiger partial charge is 0.382 e. The number of aromatic amines is 2. The predicted octanol–water partition coefficient (Wildman–Crippen LogP) is 2.36. The highest BCUT2D eigenvalue weighted by Gasteiger charge is 2.27. The highest BCUT2D eigenvalue weighted by atomic mass is 16.5. The average Bonchev–Trinajstić information content (AvgIpc) is 3.42. The van der Waals surface area contributed by atoms with E-state index in [-0.39, 0.29) is 12.1 Å². The number of nitrogens with two attached hydrogens (primary N) is 2. The summed E-state index contributed by atoms with van der Waals surface area (Å²) in [6.45, 7) is 1.97. The van der Waals surface area contributed by atoms with Crippen molar-refractivity contribution in [3.63, 3.8) is 0 Å². The molecule has 2 aliphatic rings. The summed E-state index contributed by atoms with van der Waals surface area (Å²) in [6.07, 6.45) is 4.40. The fraction of sp³-hybridized carbons (Fsp3) is 0.364. The number of nitrogen functional groups attached to an aromatic ring is 2. The Balaban J connectivity index is 1.29. The maximum Gasteiger partial charge on any atom is 0.222 e. The van der Waals surface area contributed by atoms with Crippen LogP contribution in [-0.4, -0.2) is 49.8 Å². The third-order valence-electron chi connectivity index (χ3n) is 6.29. The first-order valence-electron chi connectivity index (χ1n) is 11.0. The van der Waals surface area contributed by atoms with Gasteiger partial charge in [0.1, 0.15) is 17.7 Å². The number of aromatic nitrogens is 6. The lowest BCUT2D eigenvalue weighted by Crippen LogP contribution is -2.39. The van der Waals surface area contributed by atoms with Crippen LogP contribution >= 0.6 is 0 Å². The van der Waals surface area contributed by atoms with Crippen molar-refractivity contribution < 1.29 is 4.74 Å². The molecule has 1 aromatic carbocycles. The van der Waals surface area contributed by atoms with Crippen LogP contribution in [0.4, 0.5) is 17.6 Å². The monoisotopic (exact) mass is 431 g/mol. The summed E-state index contributed by atoms with van der Waals surface area (Å²) in [4.78, 5) is 19.5. The van der Waals surface area contributed by atoms with Crippen LogP contribution in [0.15, 0.2) is 24.3 Å². The minimum absolute atomic E-state index is 0.127. The second-order valence-electron chi connectivity index (χ2n) is 8.40. The molecule has 4 aromatic rings. The second kappa shape index (κ2) is 7.49. The molecule has 6 rings (SSSR count). The lowest BCUT2D eigenvalue weighted by molar-refractivity contribution is 0.0342. The van der Waals surface area contributed by atoms with Gasteiger partial charge in [-0.3, -0.25) is 5.10 Å². The van der Waals surface area contributed by atoms with Crippen molar-refractivity contribution in [1.82, 2.24) is 30.1 Å². The van der Waals surface area contributed by atoms with Crippen molar-refractivity contribution in [2.24, 2.45) is 0 Å². The van der Waals surface area contributed by atoms with E-state index in [4.69, 9.17) is 21.2 Å². The van der Waals surface area contributed by atoms with Crippen LogP contribution in [0.3, 0.4) is 0 Å². The smallest absolute Gasteiger partial charge is 0.222 e. The Morgan fingerprint density at radius 2 is 1.97 bits per heavy atom. The SMILES string of the molecule is Nc1nc(-c2ccc3c(N)n[nH]c3c2)cc(N2CCOC(c3nc4c([nH]3)CCCC4)C2)n1. The van der Waals surface area contributed by atoms with Crippen LogP contribution < -0.4 is 16.4 Å². The summed E-state index contributed by atoms with van der Waals surface area (Å²) in [5.74, 6) is 2.40. The Labute approximate surface area is 184 Å². The molecule has 10 heteroatoms. The number of fused-ring (bicyclic) bond motifs is 2. The second-order valence-corrected chi connectivity index (χ2v) is 8.40. The number of benzene rings is 1. The minimum atomic E-state index is -0.127. The predicted molar refractivity (Wildman–Crippen MR) is 122 cm³/mol. The van der Waals surface area contributed by atoms with Gasteiger partial charge in [-0.1, -0.05) is 6.07 Å². The van der Waals surface area contributed by atoms with Crippen LogP contribution in [0.25, 0.3) is 22.2 Å². The Kier molecular flexibility index (Phi) is 4.46. The molecule has 0 bridgehead atoms. The molecule has 1 fully saturated rings. The molecule has 0 radical (unpaired) electrons. The molecule has 1 aliphatic heterocycles. The van der Waals surface area contributed by atoms with Crippen LogP contribution in [0.5, 0.6) is 0 Å². The van der Waals surface area contributed by atoms with Crippen LogP contribution in [0.2, 0.25) is 0 Å². The molecule has 1 atom stereocenters. The lowest BCUT2D eigenvalue weighted by atomic mass is 10.0. The van der Waals surface area contributed by atoms with Gasteiger partial charge in [0.2, 0.25) is 5.95 Å². The van der Waals surface area contributed by atoms with E-state index < -0.39 is 0 Å². The van der Waals surface area contributed by atoms with Gasteiger partial charge in [0, 0.05) is 29.3 Å².